The van der Waals surface area contributed by atoms with Crippen LogP contribution in [0.5, 0.6) is 0 Å². The summed E-state index contributed by atoms with van der Waals surface area (Å²) in [6.07, 6.45) is -0.991. The summed E-state index contributed by atoms with van der Waals surface area (Å²) in [5.41, 5.74) is 0. The van der Waals surface area contributed by atoms with Crippen LogP contribution in [0.2, 0.25) is 0 Å². The van der Waals surface area contributed by atoms with Gasteiger partial charge in [-0.1, -0.05) is 0 Å². The monoisotopic (exact) mass is 214 g/mol. The molecule has 2 atom stereocenters. The number of nitrogens with zero attached hydrogens (tertiary/aromatic N) is 2. The number of aliphatic hydroxyl groups excluding tert-OH is 3. The summed E-state index contributed by atoms with van der Waals surface area (Å²) >= 11 is 1.11. The molecule has 0 spiro atoms. The number of aromatic nitrogens is 1. The van der Waals surface area contributed by atoms with Crippen LogP contribution in [0.1, 0.15) is 22.4 Å². The van der Waals surface area contributed by atoms with Gasteiger partial charge in [0, 0.05) is 6.20 Å². The summed E-state index contributed by atoms with van der Waals surface area (Å²) in [5, 5.41) is 36.1. The highest BCUT2D eigenvalue weighted by Gasteiger charge is 2.21. The topological polar surface area (TPSA) is 97.4 Å². The van der Waals surface area contributed by atoms with E-state index in [1.165, 1.54) is 6.20 Å². The first-order valence-electron chi connectivity index (χ1n) is 3.97. The van der Waals surface area contributed by atoms with Crippen LogP contribution in [0.3, 0.4) is 0 Å². The summed E-state index contributed by atoms with van der Waals surface area (Å²) in [5.74, 6) is 0. The van der Waals surface area contributed by atoms with Gasteiger partial charge >= 0.3 is 0 Å². The summed E-state index contributed by atoms with van der Waals surface area (Å²) in [6, 6.07) is 1.76. The molecule has 0 fully saturated rings. The Bertz CT molecular complexity index is 334. The number of aliphatic hydroxyl groups is 3. The van der Waals surface area contributed by atoms with Gasteiger partial charge in [0.1, 0.15) is 11.1 Å². The molecule has 76 valence electrons. The molecule has 1 aromatic rings. The van der Waals surface area contributed by atoms with Gasteiger partial charge in [0.2, 0.25) is 0 Å². The predicted molar refractivity (Wildman–Crippen MR) is 49.2 cm³/mol. The maximum atomic E-state index is 9.49. The molecule has 14 heavy (non-hydrogen) atoms. The zero-order valence-corrected chi connectivity index (χ0v) is 8.11. The molecule has 0 bridgehead atoms. The van der Waals surface area contributed by atoms with Gasteiger partial charge in [0.15, 0.2) is 0 Å². The molecule has 0 amide bonds. The highest BCUT2D eigenvalue weighted by atomic mass is 32.1. The minimum atomic E-state index is -1.15. The second kappa shape index (κ2) is 5.02. The molecule has 0 aliphatic carbocycles. The van der Waals surface area contributed by atoms with Gasteiger partial charge < -0.3 is 15.3 Å². The summed E-state index contributed by atoms with van der Waals surface area (Å²) < 4.78 is 0. The third-order valence-electron chi connectivity index (χ3n) is 1.65. The average Bonchev–Trinajstić information content (AvgIpc) is 2.65. The summed E-state index contributed by atoms with van der Waals surface area (Å²) in [4.78, 5) is 4.44. The van der Waals surface area contributed by atoms with Crippen LogP contribution < -0.4 is 0 Å². The lowest BCUT2D eigenvalue weighted by Gasteiger charge is -2.11. The van der Waals surface area contributed by atoms with Crippen LogP contribution >= 0.6 is 11.3 Å². The minimum absolute atomic E-state index is 0.140. The summed E-state index contributed by atoms with van der Waals surface area (Å²) in [6.45, 7) is -0.140. The van der Waals surface area contributed by atoms with Crippen molar-refractivity contribution in [1.29, 1.82) is 5.26 Å². The highest BCUT2D eigenvalue weighted by molar-refractivity contribution is 7.11. The van der Waals surface area contributed by atoms with Gasteiger partial charge in [-0.3, -0.25) is 0 Å². The third-order valence-corrected chi connectivity index (χ3v) is 2.70. The second-order valence-corrected chi connectivity index (χ2v) is 3.84. The maximum Gasteiger partial charge on any atom is 0.132 e. The van der Waals surface area contributed by atoms with Crippen molar-refractivity contribution in [3.63, 3.8) is 0 Å². The van der Waals surface area contributed by atoms with Crippen LogP contribution in [0.15, 0.2) is 6.20 Å². The zero-order chi connectivity index (χ0) is 10.6. The molecule has 1 aromatic heterocycles. The average molecular weight is 214 g/mol. The van der Waals surface area contributed by atoms with Crippen molar-refractivity contribution in [2.45, 2.75) is 25.2 Å². The molecular weight excluding hydrogens is 204 g/mol. The Morgan fingerprint density at radius 3 is 2.79 bits per heavy atom. The quantitative estimate of drug-likeness (QED) is 0.652. The second-order valence-electron chi connectivity index (χ2n) is 2.70. The SMILES string of the molecule is N#CCC(O)C(O)c1ncc(CO)s1. The molecule has 5 nitrogen and oxygen atoms in total. The Hall–Kier alpha value is -1.00. The van der Waals surface area contributed by atoms with E-state index in [9.17, 15) is 10.2 Å². The van der Waals surface area contributed by atoms with E-state index >= 15 is 0 Å². The molecule has 2 unspecified atom stereocenters. The van der Waals surface area contributed by atoms with E-state index in [2.05, 4.69) is 4.98 Å². The summed E-state index contributed by atoms with van der Waals surface area (Å²) in [7, 11) is 0. The van der Waals surface area contributed by atoms with Gasteiger partial charge in [0.05, 0.1) is 30.1 Å². The fraction of sp³-hybridized carbons (Fsp3) is 0.500. The molecule has 1 rings (SSSR count). The lowest BCUT2D eigenvalue weighted by molar-refractivity contribution is 0.0215. The van der Waals surface area contributed by atoms with Crippen molar-refractivity contribution in [1.82, 2.24) is 4.98 Å². The molecular formula is C8H10N2O3S. The fourth-order valence-electron chi connectivity index (χ4n) is 0.902. The number of hydrogen-bond acceptors (Lipinski definition) is 6. The number of nitriles is 1. The number of hydrogen-bond donors (Lipinski definition) is 3. The Kier molecular flexibility index (Phi) is 3.98. The van der Waals surface area contributed by atoms with Gasteiger partial charge in [0.25, 0.3) is 0 Å². The number of thiazole rings is 1. The van der Waals surface area contributed by atoms with Crippen LogP contribution in [0, 0.1) is 11.3 Å². The van der Waals surface area contributed by atoms with Crippen molar-refractivity contribution >= 4 is 11.3 Å². The molecule has 0 saturated carbocycles. The van der Waals surface area contributed by atoms with E-state index in [0.717, 1.165) is 11.3 Å². The first-order chi connectivity index (χ1) is 6.69. The maximum absolute atomic E-state index is 9.49. The molecule has 0 saturated heterocycles. The van der Waals surface area contributed by atoms with E-state index < -0.39 is 12.2 Å². The predicted octanol–water partition coefficient (Wildman–Crippen LogP) is -0.0566. The van der Waals surface area contributed by atoms with Crippen LogP contribution in [-0.4, -0.2) is 26.4 Å². The van der Waals surface area contributed by atoms with Crippen molar-refractivity contribution in [3.8, 4) is 6.07 Å². The molecule has 0 radical (unpaired) electrons. The first-order valence-corrected chi connectivity index (χ1v) is 4.79. The highest BCUT2D eigenvalue weighted by Crippen LogP contribution is 2.23. The van der Waals surface area contributed by atoms with Crippen molar-refractivity contribution in [2.75, 3.05) is 0 Å². The van der Waals surface area contributed by atoms with Gasteiger partial charge in [-0.05, 0) is 0 Å². The normalized spacial score (nSPS) is 14.7. The van der Waals surface area contributed by atoms with E-state index in [-0.39, 0.29) is 13.0 Å². The Morgan fingerprint density at radius 1 is 1.57 bits per heavy atom. The molecule has 0 aromatic carbocycles. The Labute approximate surface area is 84.9 Å². The molecule has 0 aliphatic rings. The fourth-order valence-corrected chi connectivity index (χ4v) is 1.72. The van der Waals surface area contributed by atoms with E-state index in [0.29, 0.717) is 9.88 Å². The van der Waals surface area contributed by atoms with E-state index in [1.807, 2.05) is 0 Å². The smallest absolute Gasteiger partial charge is 0.132 e. The van der Waals surface area contributed by atoms with E-state index in [1.54, 1.807) is 6.07 Å². The molecule has 1 heterocycles. The molecule has 6 heteroatoms. The van der Waals surface area contributed by atoms with Crippen molar-refractivity contribution < 1.29 is 15.3 Å². The van der Waals surface area contributed by atoms with Gasteiger partial charge in [-0.2, -0.15) is 5.26 Å². The lowest BCUT2D eigenvalue weighted by atomic mass is 10.1. The van der Waals surface area contributed by atoms with Crippen LogP contribution in [-0.2, 0) is 6.61 Å². The standard InChI is InChI=1S/C8H10N2O3S/c9-2-1-6(12)7(13)8-10-3-5(4-11)14-8/h3,6-7,11-13H,1,4H2. The number of rotatable bonds is 4. The van der Waals surface area contributed by atoms with Crippen LogP contribution in [0.4, 0.5) is 0 Å². The zero-order valence-electron chi connectivity index (χ0n) is 7.29. The van der Waals surface area contributed by atoms with Gasteiger partial charge in [-0.15, -0.1) is 11.3 Å². The van der Waals surface area contributed by atoms with Crippen LogP contribution in [0.25, 0.3) is 0 Å². The first kappa shape index (κ1) is 11.1. The van der Waals surface area contributed by atoms with E-state index in [4.69, 9.17) is 10.4 Å². The largest absolute Gasteiger partial charge is 0.391 e. The minimum Gasteiger partial charge on any atom is -0.391 e. The lowest BCUT2D eigenvalue weighted by Crippen LogP contribution is -2.17. The molecule has 3 N–H and O–H groups in total. The molecule has 0 aliphatic heterocycles. The van der Waals surface area contributed by atoms with Crippen molar-refractivity contribution in [2.24, 2.45) is 0 Å². The van der Waals surface area contributed by atoms with Gasteiger partial charge in [-0.25, -0.2) is 4.98 Å². The Balaban J connectivity index is 2.69. The third kappa shape index (κ3) is 2.49. The van der Waals surface area contributed by atoms with Crippen molar-refractivity contribution in [3.05, 3.63) is 16.1 Å². The Morgan fingerprint density at radius 2 is 2.29 bits per heavy atom.